The average molecular weight is 721 g/mol. The van der Waals surface area contributed by atoms with Crippen LogP contribution >= 0.6 is 31.9 Å². The van der Waals surface area contributed by atoms with E-state index >= 15 is 0 Å². The highest BCUT2D eigenvalue weighted by atomic mass is 79.9. The van der Waals surface area contributed by atoms with Crippen LogP contribution in [0.5, 0.6) is 0 Å². The monoisotopic (exact) mass is 718 g/mol. The second-order valence-electron chi connectivity index (χ2n) is 13.0. The van der Waals surface area contributed by atoms with Gasteiger partial charge in [-0.05, 0) is 85.0 Å². The predicted octanol–water partition coefficient (Wildman–Crippen LogP) is 10.3. The zero-order valence-electron chi connectivity index (χ0n) is 26.4. The van der Waals surface area contributed by atoms with Crippen LogP contribution in [0.4, 0.5) is 0 Å². The van der Waals surface area contributed by atoms with Crippen LogP contribution in [-0.4, -0.2) is 51.8 Å². The number of hydrogen-bond acceptors (Lipinski definition) is 4. The molecular weight excluding hydrogens is 668 g/mol. The Bertz CT molecular complexity index is 1060. The largest absolute Gasteiger partial charge is 0.381 e. The van der Waals surface area contributed by atoms with E-state index < -0.39 is 0 Å². The van der Waals surface area contributed by atoms with Crippen molar-refractivity contribution in [2.45, 2.75) is 109 Å². The van der Waals surface area contributed by atoms with Gasteiger partial charge in [0.2, 0.25) is 0 Å². The van der Waals surface area contributed by atoms with Gasteiger partial charge in [-0.1, -0.05) is 96.4 Å². The molecule has 4 unspecified atom stereocenters. The maximum Gasteiger partial charge on any atom is 0.0645 e. The maximum atomic E-state index is 6.01. The fourth-order valence-electron chi connectivity index (χ4n) is 7.49. The minimum Gasteiger partial charge on any atom is -0.381 e. The van der Waals surface area contributed by atoms with Crippen molar-refractivity contribution in [1.29, 1.82) is 0 Å². The molecule has 0 amide bonds. The van der Waals surface area contributed by atoms with Crippen molar-refractivity contribution < 1.29 is 18.9 Å². The first-order valence-electron chi connectivity index (χ1n) is 17.0. The molecular formula is C37H52Br2O4. The molecule has 0 aromatic heterocycles. The fourth-order valence-corrected chi connectivity index (χ4v) is 8.21. The number of benzene rings is 2. The van der Waals surface area contributed by atoms with Gasteiger partial charge in [0.25, 0.3) is 0 Å². The Morgan fingerprint density at radius 1 is 0.651 bits per heavy atom. The highest BCUT2D eigenvalue weighted by Crippen LogP contribution is 2.55. The normalized spacial score (nSPS) is 23.4. The minimum absolute atomic E-state index is 0.0734. The molecule has 3 aliphatic rings. The van der Waals surface area contributed by atoms with Crippen LogP contribution in [0, 0.1) is 11.8 Å². The van der Waals surface area contributed by atoms with E-state index in [1.807, 2.05) is 0 Å². The molecule has 5 rings (SSSR count). The summed E-state index contributed by atoms with van der Waals surface area (Å²) < 4.78 is 25.6. The van der Waals surface area contributed by atoms with Gasteiger partial charge in [0.1, 0.15) is 0 Å². The Hall–Kier alpha value is -0.760. The highest BCUT2D eigenvalue weighted by Gasteiger charge is 2.42. The maximum absolute atomic E-state index is 6.01. The molecule has 2 saturated heterocycles. The Kier molecular flexibility index (Phi) is 13.0. The lowest BCUT2D eigenvalue weighted by molar-refractivity contribution is -0.141. The molecule has 0 N–H and O–H groups in total. The Morgan fingerprint density at radius 3 is 1.49 bits per heavy atom. The number of fused-ring (bicyclic) bond motifs is 3. The van der Waals surface area contributed by atoms with E-state index in [4.69, 9.17) is 18.9 Å². The first kappa shape index (κ1) is 33.6. The van der Waals surface area contributed by atoms with E-state index in [-0.39, 0.29) is 5.41 Å². The Morgan fingerprint density at radius 2 is 1.09 bits per heavy atom. The van der Waals surface area contributed by atoms with Crippen LogP contribution in [0.15, 0.2) is 45.3 Å². The zero-order valence-corrected chi connectivity index (χ0v) is 29.6. The summed E-state index contributed by atoms with van der Waals surface area (Å²) in [5, 5.41) is 0. The van der Waals surface area contributed by atoms with Crippen molar-refractivity contribution in [3.8, 4) is 11.1 Å². The smallest absolute Gasteiger partial charge is 0.0645 e. The van der Waals surface area contributed by atoms with E-state index in [0.29, 0.717) is 24.0 Å². The number of hydrogen-bond donors (Lipinski definition) is 0. The second-order valence-corrected chi connectivity index (χ2v) is 14.9. The van der Waals surface area contributed by atoms with Crippen LogP contribution in [0.1, 0.15) is 102 Å². The number of unbranched alkanes of at least 4 members (excludes halogenated alkanes) is 6. The summed E-state index contributed by atoms with van der Waals surface area (Å²) in [5.74, 6) is 1.21. The molecule has 0 spiro atoms. The fraction of sp³-hybridized carbons (Fsp3) is 0.676. The molecule has 2 fully saturated rings. The van der Waals surface area contributed by atoms with Crippen LogP contribution in [0.3, 0.4) is 0 Å². The molecule has 6 heteroatoms. The van der Waals surface area contributed by atoms with E-state index in [1.165, 1.54) is 82.6 Å². The van der Waals surface area contributed by atoms with Gasteiger partial charge in [-0.15, -0.1) is 0 Å². The molecule has 4 nitrogen and oxygen atoms in total. The summed E-state index contributed by atoms with van der Waals surface area (Å²) in [4.78, 5) is 0. The minimum atomic E-state index is 0.0734. The summed E-state index contributed by atoms with van der Waals surface area (Å²) in [5.41, 5.74) is 5.95. The summed E-state index contributed by atoms with van der Waals surface area (Å²) >= 11 is 7.63. The number of halogens is 2. The van der Waals surface area contributed by atoms with E-state index in [1.54, 1.807) is 0 Å². The van der Waals surface area contributed by atoms with Gasteiger partial charge in [-0.25, -0.2) is 0 Å². The molecule has 2 aromatic rings. The van der Waals surface area contributed by atoms with Crippen molar-refractivity contribution in [1.82, 2.24) is 0 Å². The lowest BCUT2D eigenvalue weighted by atomic mass is 9.70. The standard InChI is InChI=1S/C37H52Br2O4/c1-3-35-27(25-42-35)23-40-19-11-7-5-9-17-37(18-10-6-8-12-20-41-24-28-26-43-36(28)4-2)33-21-29(38)13-15-31(33)32-16-14-30(39)22-34(32)37/h13-16,21-22,27-28,35-36H,3-12,17-20,23-26H2,1-2H3. The molecule has 4 atom stereocenters. The summed E-state index contributed by atoms with van der Waals surface area (Å²) in [6.45, 7) is 9.62. The van der Waals surface area contributed by atoms with Gasteiger partial charge in [-0.3, -0.25) is 0 Å². The first-order valence-corrected chi connectivity index (χ1v) is 18.6. The third kappa shape index (κ3) is 8.34. The molecule has 2 aromatic carbocycles. The molecule has 43 heavy (non-hydrogen) atoms. The molecule has 0 bridgehead atoms. The SMILES string of the molecule is CCC1OCC1COCCCCCCC1(CCCCCCOCC2COC2CC)c2cc(Br)ccc2-c2ccc(Br)cc21. The van der Waals surface area contributed by atoms with Gasteiger partial charge in [-0.2, -0.15) is 0 Å². The molecule has 2 heterocycles. The van der Waals surface area contributed by atoms with Gasteiger partial charge < -0.3 is 18.9 Å². The van der Waals surface area contributed by atoms with Crippen LogP contribution in [-0.2, 0) is 24.4 Å². The zero-order chi connectivity index (χ0) is 30.1. The van der Waals surface area contributed by atoms with Crippen molar-refractivity contribution >= 4 is 31.9 Å². The Labute approximate surface area is 277 Å². The van der Waals surface area contributed by atoms with Crippen LogP contribution < -0.4 is 0 Å². The van der Waals surface area contributed by atoms with E-state index in [0.717, 1.165) is 65.3 Å². The van der Waals surface area contributed by atoms with Gasteiger partial charge >= 0.3 is 0 Å². The molecule has 238 valence electrons. The number of ether oxygens (including phenoxy) is 4. The van der Waals surface area contributed by atoms with Gasteiger partial charge in [0, 0.05) is 39.4 Å². The van der Waals surface area contributed by atoms with E-state index in [2.05, 4.69) is 82.1 Å². The Balaban J connectivity index is 1.13. The summed E-state index contributed by atoms with van der Waals surface area (Å²) in [6.07, 6.45) is 15.2. The highest BCUT2D eigenvalue weighted by molar-refractivity contribution is 9.10. The molecule has 1 aliphatic carbocycles. The third-order valence-electron chi connectivity index (χ3n) is 10.1. The number of rotatable bonds is 20. The molecule has 0 saturated carbocycles. The predicted molar refractivity (Wildman–Crippen MR) is 183 cm³/mol. The van der Waals surface area contributed by atoms with Gasteiger partial charge in [0.15, 0.2) is 0 Å². The molecule has 2 aliphatic heterocycles. The second kappa shape index (κ2) is 16.7. The van der Waals surface area contributed by atoms with Crippen LogP contribution in [0.2, 0.25) is 0 Å². The van der Waals surface area contributed by atoms with Gasteiger partial charge in [0.05, 0.1) is 38.6 Å². The van der Waals surface area contributed by atoms with E-state index in [9.17, 15) is 0 Å². The lowest BCUT2D eigenvalue weighted by Gasteiger charge is -2.36. The van der Waals surface area contributed by atoms with Crippen LogP contribution in [0.25, 0.3) is 11.1 Å². The van der Waals surface area contributed by atoms with Crippen molar-refractivity contribution in [2.24, 2.45) is 11.8 Å². The first-order chi connectivity index (χ1) is 21.1. The molecule has 0 radical (unpaired) electrons. The average Bonchev–Trinajstić information content (AvgIpc) is 3.22. The van der Waals surface area contributed by atoms with Crippen molar-refractivity contribution in [2.75, 3.05) is 39.6 Å². The topological polar surface area (TPSA) is 36.9 Å². The van der Waals surface area contributed by atoms with Crippen molar-refractivity contribution in [3.05, 3.63) is 56.5 Å². The van der Waals surface area contributed by atoms with Crippen molar-refractivity contribution in [3.63, 3.8) is 0 Å². The lowest BCUT2D eigenvalue weighted by Crippen LogP contribution is -2.42. The summed E-state index contributed by atoms with van der Waals surface area (Å²) in [6, 6.07) is 13.9. The summed E-state index contributed by atoms with van der Waals surface area (Å²) in [7, 11) is 0. The quantitative estimate of drug-likeness (QED) is 0.128. The third-order valence-corrected chi connectivity index (χ3v) is 11.1.